The zero-order valence-corrected chi connectivity index (χ0v) is 14.7. The highest BCUT2D eigenvalue weighted by Crippen LogP contribution is 2.20. The first-order valence-corrected chi connectivity index (χ1v) is 9.27. The lowest BCUT2D eigenvalue weighted by Crippen LogP contribution is -2.45. The van der Waals surface area contributed by atoms with E-state index in [1.807, 2.05) is 17.9 Å². The van der Waals surface area contributed by atoms with Gasteiger partial charge >= 0.3 is 5.97 Å². The van der Waals surface area contributed by atoms with Crippen LogP contribution in [0.3, 0.4) is 0 Å². The molecule has 1 aliphatic rings. The molecule has 0 saturated carbocycles. The van der Waals surface area contributed by atoms with E-state index < -0.39 is 16.0 Å². The average Bonchev–Trinajstić information content (AvgIpc) is 2.39. The van der Waals surface area contributed by atoms with Crippen LogP contribution in [0.2, 0.25) is 0 Å². The molecule has 122 valence electrons. The van der Waals surface area contributed by atoms with Crippen LogP contribution in [0.15, 0.2) is 27.6 Å². The summed E-state index contributed by atoms with van der Waals surface area (Å²) in [6.45, 7) is 3.01. The zero-order chi connectivity index (χ0) is 16.3. The van der Waals surface area contributed by atoms with E-state index >= 15 is 0 Å². The molecule has 0 spiro atoms. The molecule has 1 aromatic rings. The summed E-state index contributed by atoms with van der Waals surface area (Å²) < 4.78 is 28.3. The van der Waals surface area contributed by atoms with Crippen molar-refractivity contribution in [1.82, 2.24) is 9.62 Å². The summed E-state index contributed by atoms with van der Waals surface area (Å²) in [6, 6.07) is 4.90. The molecule has 1 aliphatic heterocycles. The van der Waals surface area contributed by atoms with Crippen LogP contribution in [0, 0.1) is 6.92 Å². The lowest BCUT2D eigenvalue weighted by atomic mass is 10.1. The van der Waals surface area contributed by atoms with E-state index in [2.05, 4.69) is 20.7 Å². The fourth-order valence-corrected chi connectivity index (χ4v) is 4.74. The molecule has 0 bridgehead atoms. The number of nitrogens with zero attached hydrogens (tertiary/aromatic N) is 1. The Morgan fingerprint density at radius 1 is 1.36 bits per heavy atom. The van der Waals surface area contributed by atoms with E-state index in [1.54, 1.807) is 12.1 Å². The van der Waals surface area contributed by atoms with Crippen molar-refractivity contribution >= 4 is 31.9 Å². The predicted octanol–water partition coefficient (Wildman–Crippen LogP) is 1.58. The molecule has 1 fully saturated rings. The number of hydrogen-bond donors (Lipinski definition) is 2. The van der Waals surface area contributed by atoms with Gasteiger partial charge in [-0.15, -0.1) is 0 Å². The number of rotatable bonds is 5. The minimum absolute atomic E-state index is 0.00426. The predicted molar refractivity (Wildman–Crippen MR) is 86.3 cm³/mol. The van der Waals surface area contributed by atoms with Crippen molar-refractivity contribution in [3.63, 3.8) is 0 Å². The number of carboxylic acid groups (broad SMARTS) is 1. The van der Waals surface area contributed by atoms with Crippen molar-refractivity contribution in [2.45, 2.75) is 30.7 Å². The van der Waals surface area contributed by atoms with Crippen LogP contribution in [-0.4, -0.2) is 50.1 Å². The number of carboxylic acids is 1. The molecule has 6 nitrogen and oxygen atoms in total. The van der Waals surface area contributed by atoms with Gasteiger partial charge in [0.15, 0.2) is 0 Å². The minimum atomic E-state index is -3.56. The second-order valence-electron chi connectivity index (χ2n) is 5.53. The number of aryl methyl sites for hydroxylation is 1. The van der Waals surface area contributed by atoms with Crippen molar-refractivity contribution in [2.24, 2.45) is 0 Å². The zero-order valence-electron chi connectivity index (χ0n) is 12.3. The summed E-state index contributed by atoms with van der Waals surface area (Å²) in [6.07, 6.45) is 1.22. The van der Waals surface area contributed by atoms with Crippen LogP contribution < -0.4 is 4.72 Å². The van der Waals surface area contributed by atoms with Crippen LogP contribution in [0.4, 0.5) is 0 Å². The summed E-state index contributed by atoms with van der Waals surface area (Å²) in [7, 11) is -3.56. The third kappa shape index (κ3) is 4.77. The topological polar surface area (TPSA) is 86.7 Å². The Balaban J connectivity index is 2.00. The Morgan fingerprint density at radius 2 is 2.00 bits per heavy atom. The van der Waals surface area contributed by atoms with E-state index in [9.17, 15) is 13.2 Å². The number of sulfonamides is 1. The lowest BCUT2D eigenvalue weighted by Gasteiger charge is -2.31. The number of benzene rings is 1. The smallest absolute Gasteiger partial charge is 0.317 e. The van der Waals surface area contributed by atoms with Gasteiger partial charge in [-0.3, -0.25) is 9.69 Å². The van der Waals surface area contributed by atoms with Gasteiger partial charge in [-0.25, -0.2) is 13.1 Å². The van der Waals surface area contributed by atoms with Gasteiger partial charge in [0.2, 0.25) is 10.0 Å². The monoisotopic (exact) mass is 390 g/mol. The Hall–Kier alpha value is -0.960. The standard InChI is InChI=1S/C14H19BrN2O4S/c1-10-6-11(15)8-13(7-10)22(20,21)16-12-2-4-17(5-3-12)9-14(18)19/h6-8,12,16H,2-5,9H2,1H3,(H,18,19). The third-order valence-corrected chi connectivity index (χ3v) is 5.55. The van der Waals surface area contributed by atoms with Gasteiger partial charge in [-0.05, 0) is 43.5 Å². The fourth-order valence-electron chi connectivity index (χ4n) is 2.55. The highest BCUT2D eigenvalue weighted by molar-refractivity contribution is 9.10. The van der Waals surface area contributed by atoms with Crippen LogP contribution in [0.1, 0.15) is 18.4 Å². The number of aliphatic carboxylic acids is 1. The molecule has 2 N–H and O–H groups in total. The second-order valence-corrected chi connectivity index (χ2v) is 8.16. The molecule has 0 aromatic heterocycles. The Labute approximate surface area is 138 Å². The normalized spacial score (nSPS) is 17.5. The first kappa shape index (κ1) is 17.4. The Bertz CT molecular complexity index is 635. The Morgan fingerprint density at radius 3 is 2.55 bits per heavy atom. The molecular weight excluding hydrogens is 372 g/mol. The fraction of sp³-hybridized carbons (Fsp3) is 0.500. The molecule has 0 amide bonds. The van der Waals surface area contributed by atoms with Gasteiger partial charge in [0.1, 0.15) is 0 Å². The summed E-state index contributed by atoms with van der Waals surface area (Å²) in [4.78, 5) is 12.7. The maximum Gasteiger partial charge on any atom is 0.317 e. The molecule has 22 heavy (non-hydrogen) atoms. The first-order chi connectivity index (χ1) is 10.3. The van der Waals surface area contributed by atoms with E-state index in [-0.39, 0.29) is 17.5 Å². The van der Waals surface area contributed by atoms with Gasteiger partial charge < -0.3 is 5.11 Å². The summed E-state index contributed by atoms with van der Waals surface area (Å²) in [5.74, 6) is -0.858. The van der Waals surface area contributed by atoms with Gasteiger partial charge in [0.25, 0.3) is 0 Å². The maximum absolute atomic E-state index is 12.4. The van der Waals surface area contributed by atoms with Crippen LogP contribution in [0.5, 0.6) is 0 Å². The number of nitrogens with one attached hydrogen (secondary N) is 1. The largest absolute Gasteiger partial charge is 0.480 e. The van der Waals surface area contributed by atoms with Gasteiger partial charge in [-0.2, -0.15) is 0 Å². The molecule has 1 heterocycles. The minimum Gasteiger partial charge on any atom is -0.480 e. The quantitative estimate of drug-likeness (QED) is 0.796. The van der Waals surface area contributed by atoms with Crippen molar-refractivity contribution < 1.29 is 18.3 Å². The van der Waals surface area contributed by atoms with Crippen molar-refractivity contribution in [3.05, 3.63) is 28.2 Å². The number of carbonyl (C=O) groups is 1. The first-order valence-electron chi connectivity index (χ1n) is 7.00. The molecule has 1 saturated heterocycles. The highest BCUT2D eigenvalue weighted by atomic mass is 79.9. The second kappa shape index (κ2) is 7.08. The average molecular weight is 391 g/mol. The molecule has 1 aromatic carbocycles. The molecular formula is C14H19BrN2O4S. The van der Waals surface area contributed by atoms with Gasteiger partial charge in [-0.1, -0.05) is 15.9 Å². The number of hydrogen-bond acceptors (Lipinski definition) is 4. The summed E-state index contributed by atoms with van der Waals surface area (Å²) in [5.41, 5.74) is 0.867. The number of halogens is 1. The number of piperidine rings is 1. The molecule has 8 heteroatoms. The van der Waals surface area contributed by atoms with Crippen molar-refractivity contribution in [1.29, 1.82) is 0 Å². The van der Waals surface area contributed by atoms with Crippen molar-refractivity contribution in [2.75, 3.05) is 19.6 Å². The van der Waals surface area contributed by atoms with Crippen LogP contribution in [-0.2, 0) is 14.8 Å². The SMILES string of the molecule is Cc1cc(Br)cc(S(=O)(=O)NC2CCN(CC(=O)O)CC2)c1. The van der Waals surface area contributed by atoms with E-state index in [0.29, 0.717) is 25.9 Å². The lowest BCUT2D eigenvalue weighted by molar-refractivity contribution is -0.138. The van der Waals surface area contributed by atoms with Gasteiger partial charge in [0.05, 0.1) is 11.4 Å². The molecule has 0 aliphatic carbocycles. The summed E-state index contributed by atoms with van der Waals surface area (Å²) in [5, 5.41) is 8.76. The maximum atomic E-state index is 12.4. The Kier molecular flexibility index (Phi) is 5.60. The van der Waals surface area contributed by atoms with Crippen LogP contribution in [0.25, 0.3) is 0 Å². The van der Waals surface area contributed by atoms with E-state index in [0.717, 1.165) is 10.0 Å². The molecule has 2 rings (SSSR count). The van der Waals surface area contributed by atoms with Gasteiger partial charge in [0, 0.05) is 23.6 Å². The molecule has 0 unspecified atom stereocenters. The van der Waals surface area contributed by atoms with E-state index in [1.165, 1.54) is 0 Å². The molecule has 0 atom stereocenters. The third-order valence-electron chi connectivity index (χ3n) is 3.59. The highest BCUT2D eigenvalue weighted by Gasteiger charge is 2.25. The van der Waals surface area contributed by atoms with E-state index in [4.69, 9.17) is 5.11 Å². The van der Waals surface area contributed by atoms with Crippen molar-refractivity contribution in [3.8, 4) is 0 Å². The number of likely N-dealkylation sites (tertiary alicyclic amines) is 1. The molecule has 0 radical (unpaired) electrons. The van der Waals surface area contributed by atoms with Crippen LogP contribution >= 0.6 is 15.9 Å². The summed E-state index contributed by atoms with van der Waals surface area (Å²) >= 11 is 3.31.